The van der Waals surface area contributed by atoms with Gasteiger partial charge in [-0.2, -0.15) is 0 Å². The number of nitrogen functional groups attached to an aromatic ring is 1. The van der Waals surface area contributed by atoms with Crippen LogP contribution in [0.15, 0.2) is 48.5 Å². The van der Waals surface area contributed by atoms with E-state index in [4.69, 9.17) is 15.9 Å². The van der Waals surface area contributed by atoms with Crippen molar-refractivity contribution in [2.24, 2.45) is 5.73 Å². The van der Waals surface area contributed by atoms with Crippen molar-refractivity contribution in [3.8, 4) is 5.75 Å². The SMILES string of the molecule is CCCC(Oc1cccc(C(=N)N)c1)C(=O)Nc1ccc(N2CCCCC2=O)cc1. The number of nitrogens with zero attached hydrogens (tertiary/aromatic N) is 1. The van der Waals surface area contributed by atoms with Gasteiger partial charge in [-0.1, -0.05) is 25.5 Å². The van der Waals surface area contributed by atoms with E-state index >= 15 is 0 Å². The predicted octanol–water partition coefficient (Wildman–Crippen LogP) is 3.67. The van der Waals surface area contributed by atoms with Crippen LogP contribution in [0.5, 0.6) is 5.75 Å². The van der Waals surface area contributed by atoms with Gasteiger partial charge >= 0.3 is 0 Å². The molecule has 3 rings (SSSR count). The van der Waals surface area contributed by atoms with E-state index in [0.717, 1.165) is 31.5 Å². The molecule has 1 unspecified atom stereocenters. The summed E-state index contributed by atoms with van der Waals surface area (Å²) in [6.07, 6.45) is 3.19. The average Bonchev–Trinajstić information content (AvgIpc) is 2.74. The van der Waals surface area contributed by atoms with Crippen LogP contribution in [0.2, 0.25) is 0 Å². The third-order valence-corrected chi connectivity index (χ3v) is 5.04. The summed E-state index contributed by atoms with van der Waals surface area (Å²) in [4.78, 5) is 26.7. The predicted molar refractivity (Wildman–Crippen MR) is 118 cm³/mol. The Morgan fingerprint density at radius 2 is 2.00 bits per heavy atom. The normalized spacial score (nSPS) is 14.8. The van der Waals surface area contributed by atoms with Crippen molar-refractivity contribution in [1.82, 2.24) is 0 Å². The maximum absolute atomic E-state index is 12.8. The van der Waals surface area contributed by atoms with E-state index in [2.05, 4.69) is 5.32 Å². The molecule has 2 aromatic rings. The van der Waals surface area contributed by atoms with Crippen molar-refractivity contribution >= 4 is 29.0 Å². The van der Waals surface area contributed by atoms with Gasteiger partial charge in [-0.15, -0.1) is 0 Å². The molecule has 1 atom stereocenters. The number of amidine groups is 1. The van der Waals surface area contributed by atoms with Gasteiger partial charge in [-0.25, -0.2) is 0 Å². The number of rotatable bonds is 8. The molecule has 2 aromatic carbocycles. The van der Waals surface area contributed by atoms with E-state index in [1.54, 1.807) is 41.3 Å². The maximum atomic E-state index is 12.8. The largest absolute Gasteiger partial charge is 0.481 e. The summed E-state index contributed by atoms with van der Waals surface area (Å²) in [6, 6.07) is 14.2. The van der Waals surface area contributed by atoms with E-state index in [1.807, 2.05) is 19.1 Å². The van der Waals surface area contributed by atoms with Gasteiger partial charge in [-0.3, -0.25) is 15.0 Å². The lowest BCUT2D eigenvalue weighted by molar-refractivity contribution is -0.123. The van der Waals surface area contributed by atoms with Crippen LogP contribution in [-0.2, 0) is 9.59 Å². The Kier molecular flexibility index (Phi) is 7.06. The molecule has 1 fully saturated rings. The van der Waals surface area contributed by atoms with Crippen LogP contribution >= 0.6 is 0 Å². The van der Waals surface area contributed by atoms with Crippen LogP contribution in [-0.4, -0.2) is 30.3 Å². The molecule has 2 amide bonds. The van der Waals surface area contributed by atoms with Crippen molar-refractivity contribution in [2.75, 3.05) is 16.8 Å². The second kappa shape index (κ2) is 9.91. The van der Waals surface area contributed by atoms with E-state index < -0.39 is 6.10 Å². The van der Waals surface area contributed by atoms with E-state index in [9.17, 15) is 9.59 Å². The van der Waals surface area contributed by atoms with E-state index in [1.165, 1.54) is 0 Å². The van der Waals surface area contributed by atoms with Crippen LogP contribution in [0, 0.1) is 5.41 Å². The fourth-order valence-electron chi connectivity index (χ4n) is 3.43. The Morgan fingerprint density at radius 3 is 2.67 bits per heavy atom. The molecule has 0 radical (unpaired) electrons. The van der Waals surface area contributed by atoms with E-state index in [-0.39, 0.29) is 17.6 Å². The van der Waals surface area contributed by atoms with Crippen molar-refractivity contribution in [1.29, 1.82) is 5.41 Å². The van der Waals surface area contributed by atoms with Gasteiger partial charge in [0.05, 0.1) is 0 Å². The number of ether oxygens (including phenoxy) is 1. The van der Waals surface area contributed by atoms with Crippen molar-refractivity contribution in [3.05, 3.63) is 54.1 Å². The van der Waals surface area contributed by atoms with Crippen LogP contribution in [0.3, 0.4) is 0 Å². The minimum atomic E-state index is -0.666. The Hall–Kier alpha value is -3.35. The van der Waals surface area contributed by atoms with Gasteiger partial charge in [-0.05, 0) is 55.7 Å². The molecule has 1 aliphatic rings. The third-order valence-electron chi connectivity index (χ3n) is 5.04. The molecule has 7 nitrogen and oxygen atoms in total. The molecule has 7 heteroatoms. The first-order valence-corrected chi connectivity index (χ1v) is 10.3. The third kappa shape index (κ3) is 5.37. The minimum absolute atomic E-state index is 0.0516. The first kappa shape index (κ1) is 21.4. The van der Waals surface area contributed by atoms with Crippen molar-refractivity contribution < 1.29 is 14.3 Å². The minimum Gasteiger partial charge on any atom is -0.481 e. The number of hydrogen-bond donors (Lipinski definition) is 3. The quantitative estimate of drug-likeness (QED) is 0.457. The molecule has 0 saturated carbocycles. The average molecular weight is 409 g/mol. The smallest absolute Gasteiger partial charge is 0.265 e. The molecular formula is C23H28N4O3. The number of amides is 2. The second-order valence-electron chi connectivity index (χ2n) is 7.38. The summed E-state index contributed by atoms with van der Waals surface area (Å²) in [5.74, 6) is 0.341. The van der Waals surface area contributed by atoms with Crippen LogP contribution in [0.25, 0.3) is 0 Å². The molecule has 1 heterocycles. The van der Waals surface area contributed by atoms with E-state index in [0.29, 0.717) is 29.8 Å². The van der Waals surface area contributed by atoms with Crippen molar-refractivity contribution in [2.45, 2.75) is 45.1 Å². The molecular weight excluding hydrogens is 380 g/mol. The maximum Gasteiger partial charge on any atom is 0.265 e. The number of benzene rings is 2. The number of carbonyl (C=O) groups excluding carboxylic acids is 2. The number of carbonyl (C=O) groups is 2. The Labute approximate surface area is 176 Å². The van der Waals surface area contributed by atoms with Gasteiger partial charge in [0.1, 0.15) is 11.6 Å². The molecule has 0 aromatic heterocycles. The number of anilines is 2. The van der Waals surface area contributed by atoms with Crippen LogP contribution in [0.1, 0.15) is 44.6 Å². The molecule has 0 spiro atoms. The lowest BCUT2D eigenvalue weighted by atomic mass is 10.1. The number of hydrogen-bond acceptors (Lipinski definition) is 4. The standard InChI is InChI=1S/C23H28N4O3/c1-2-6-20(30-19-8-5-7-16(15-19)22(24)25)23(29)26-17-10-12-18(13-11-17)27-14-4-3-9-21(27)28/h5,7-8,10-13,15,20H,2-4,6,9,14H2,1H3,(H3,24,25)(H,26,29). The molecule has 30 heavy (non-hydrogen) atoms. The highest BCUT2D eigenvalue weighted by molar-refractivity contribution is 5.97. The molecule has 158 valence electrons. The van der Waals surface area contributed by atoms with Gasteiger partial charge < -0.3 is 20.7 Å². The summed E-state index contributed by atoms with van der Waals surface area (Å²) in [5.41, 5.74) is 7.58. The first-order chi connectivity index (χ1) is 14.5. The highest BCUT2D eigenvalue weighted by atomic mass is 16.5. The molecule has 0 aliphatic carbocycles. The summed E-state index contributed by atoms with van der Waals surface area (Å²) in [5, 5.41) is 10.4. The Bertz CT molecular complexity index is 911. The molecule has 0 bridgehead atoms. The highest BCUT2D eigenvalue weighted by Gasteiger charge is 2.21. The number of nitrogens with two attached hydrogens (primary N) is 1. The van der Waals surface area contributed by atoms with Gasteiger partial charge in [0, 0.05) is 29.9 Å². The lowest BCUT2D eigenvalue weighted by Gasteiger charge is -2.27. The first-order valence-electron chi connectivity index (χ1n) is 10.3. The summed E-state index contributed by atoms with van der Waals surface area (Å²) >= 11 is 0. The monoisotopic (exact) mass is 408 g/mol. The summed E-state index contributed by atoms with van der Waals surface area (Å²) in [6.45, 7) is 2.72. The topological polar surface area (TPSA) is 109 Å². The zero-order valence-electron chi connectivity index (χ0n) is 17.2. The highest BCUT2D eigenvalue weighted by Crippen LogP contribution is 2.23. The number of piperidine rings is 1. The van der Waals surface area contributed by atoms with Crippen LogP contribution in [0.4, 0.5) is 11.4 Å². The lowest BCUT2D eigenvalue weighted by Crippen LogP contribution is -2.35. The fraction of sp³-hybridized carbons (Fsp3) is 0.348. The van der Waals surface area contributed by atoms with Gasteiger partial charge in [0.15, 0.2) is 6.10 Å². The summed E-state index contributed by atoms with van der Waals surface area (Å²) < 4.78 is 5.90. The second-order valence-corrected chi connectivity index (χ2v) is 7.38. The van der Waals surface area contributed by atoms with Gasteiger partial charge in [0.2, 0.25) is 5.91 Å². The fourth-order valence-corrected chi connectivity index (χ4v) is 3.43. The number of nitrogens with one attached hydrogen (secondary N) is 2. The molecule has 4 N–H and O–H groups in total. The zero-order chi connectivity index (χ0) is 21.5. The Morgan fingerprint density at radius 1 is 1.23 bits per heavy atom. The Balaban J connectivity index is 1.66. The zero-order valence-corrected chi connectivity index (χ0v) is 17.2. The molecule has 1 saturated heterocycles. The van der Waals surface area contributed by atoms with Crippen molar-refractivity contribution in [3.63, 3.8) is 0 Å². The molecule has 1 aliphatic heterocycles. The van der Waals surface area contributed by atoms with Crippen LogP contribution < -0.4 is 20.7 Å². The van der Waals surface area contributed by atoms with Gasteiger partial charge in [0.25, 0.3) is 5.91 Å². The summed E-state index contributed by atoms with van der Waals surface area (Å²) in [7, 11) is 0.